The molecule has 1 heterocycles. The van der Waals surface area contributed by atoms with Gasteiger partial charge in [-0.15, -0.1) is 0 Å². The van der Waals surface area contributed by atoms with Gasteiger partial charge in [0.2, 0.25) is 0 Å². The highest BCUT2D eigenvalue weighted by Crippen LogP contribution is 2.36. The molecule has 1 rings (SSSR count). The average Bonchev–Trinajstić information content (AvgIpc) is 2.13. The Morgan fingerprint density at radius 3 is 2.64 bits per heavy atom. The Bertz CT molecular complexity index is 258. The minimum absolute atomic E-state index is 0.282. The molecule has 14 heavy (non-hydrogen) atoms. The maximum Gasteiger partial charge on any atom is 0.0291 e. The first-order valence-electron chi connectivity index (χ1n) is 5.63. The monoisotopic (exact) mass is 193 g/mol. The smallest absolute Gasteiger partial charge is 0.0291 e. The molecule has 0 aromatic heterocycles. The van der Waals surface area contributed by atoms with Gasteiger partial charge in [0, 0.05) is 18.0 Å². The summed E-state index contributed by atoms with van der Waals surface area (Å²) in [5.74, 6) is 0. The molecule has 0 bridgehead atoms. The second-order valence-corrected chi connectivity index (χ2v) is 4.76. The molecule has 1 fully saturated rings. The van der Waals surface area contributed by atoms with Crippen molar-refractivity contribution in [3.05, 3.63) is 23.3 Å². The number of hydrogen-bond donors (Lipinski definition) is 1. The molecule has 1 saturated heterocycles. The van der Waals surface area contributed by atoms with Crippen LogP contribution in [0.1, 0.15) is 41.0 Å². The average molecular weight is 193 g/mol. The van der Waals surface area contributed by atoms with Crippen molar-refractivity contribution in [2.75, 3.05) is 6.54 Å². The van der Waals surface area contributed by atoms with Crippen LogP contribution >= 0.6 is 0 Å². The van der Waals surface area contributed by atoms with Crippen LogP contribution in [0.5, 0.6) is 0 Å². The largest absolute Gasteiger partial charge is 0.309 e. The third-order valence-corrected chi connectivity index (χ3v) is 3.08. The maximum absolute atomic E-state index is 3.55. The number of hydrogen-bond acceptors (Lipinski definition) is 1. The van der Waals surface area contributed by atoms with Crippen molar-refractivity contribution in [1.82, 2.24) is 5.32 Å². The Morgan fingerprint density at radius 1 is 1.50 bits per heavy atom. The van der Waals surface area contributed by atoms with Gasteiger partial charge in [-0.25, -0.2) is 0 Å². The van der Waals surface area contributed by atoms with E-state index < -0.39 is 0 Å². The molecular formula is C13H23N. The van der Waals surface area contributed by atoms with E-state index in [9.17, 15) is 0 Å². The van der Waals surface area contributed by atoms with E-state index >= 15 is 0 Å². The molecule has 0 saturated carbocycles. The standard InChI is InChI=1S/C13H23N/c1-6-8-12-11(7-2)10(3)14-9-13(12,4)5/h7-8,10,14H,6,9H2,1-5H3/b11-7-,12-8+. The topological polar surface area (TPSA) is 12.0 Å². The van der Waals surface area contributed by atoms with Crippen LogP contribution in [0.2, 0.25) is 0 Å². The number of piperidine rings is 1. The van der Waals surface area contributed by atoms with Crippen molar-refractivity contribution >= 4 is 0 Å². The van der Waals surface area contributed by atoms with Gasteiger partial charge in [0.25, 0.3) is 0 Å². The summed E-state index contributed by atoms with van der Waals surface area (Å²) >= 11 is 0. The van der Waals surface area contributed by atoms with Gasteiger partial charge in [0.15, 0.2) is 0 Å². The lowest BCUT2D eigenvalue weighted by molar-refractivity contribution is 0.357. The lowest BCUT2D eigenvalue weighted by Crippen LogP contribution is -2.44. The van der Waals surface area contributed by atoms with Gasteiger partial charge in [-0.2, -0.15) is 0 Å². The van der Waals surface area contributed by atoms with E-state index in [2.05, 4.69) is 52.1 Å². The van der Waals surface area contributed by atoms with Crippen LogP contribution < -0.4 is 5.32 Å². The second kappa shape index (κ2) is 4.31. The predicted molar refractivity (Wildman–Crippen MR) is 63.4 cm³/mol. The van der Waals surface area contributed by atoms with Crippen LogP contribution in [0, 0.1) is 5.41 Å². The summed E-state index contributed by atoms with van der Waals surface area (Å²) in [7, 11) is 0. The van der Waals surface area contributed by atoms with E-state index in [-0.39, 0.29) is 5.41 Å². The lowest BCUT2D eigenvalue weighted by atomic mass is 9.74. The summed E-state index contributed by atoms with van der Waals surface area (Å²) in [5.41, 5.74) is 3.29. The molecular weight excluding hydrogens is 170 g/mol. The summed E-state index contributed by atoms with van der Waals surface area (Å²) in [6.45, 7) is 12.3. The van der Waals surface area contributed by atoms with Crippen LogP contribution in [0.3, 0.4) is 0 Å². The van der Waals surface area contributed by atoms with E-state index in [1.54, 1.807) is 0 Å². The minimum Gasteiger partial charge on any atom is -0.309 e. The van der Waals surface area contributed by atoms with Gasteiger partial charge >= 0.3 is 0 Å². The van der Waals surface area contributed by atoms with Crippen LogP contribution in [-0.2, 0) is 0 Å². The second-order valence-electron chi connectivity index (χ2n) is 4.76. The fourth-order valence-electron chi connectivity index (χ4n) is 2.24. The van der Waals surface area contributed by atoms with Gasteiger partial charge in [-0.05, 0) is 31.4 Å². The van der Waals surface area contributed by atoms with Gasteiger partial charge in [-0.1, -0.05) is 32.9 Å². The molecule has 0 radical (unpaired) electrons. The van der Waals surface area contributed by atoms with Crippen LogP contribution in [0.25, 0.3) is 0 Å². The molecule has 1 heteroatoms. The summed E-state index contributed by atoms with van der Waals surface area (Å²) in [6, 6.07) is 0.505. The molecule has 0 amide bonds. The first-order chi connectivity index (χ1) is 6.53. The molecule has 0 spiro atoms. The van der Waals surface area contributed by atoms with E-state index in [1.807, 2.05) is 0 Å². The fourth-order valence-corrected chi connectivity index (χ4v) is 2.24. The van der Waals surface area contributed by atoms with Crippen LogP contribution in [-0.4, -0.2) is 12.6 Å². The van der Waals surface area contributed by atoms with Crippen molar-refractivity contribution in [3.63, 3.8) is 0 Å². The molecule has 80 valence electrons. The molecule has 1 atom stereocenters. The number of rotatable bonds is 1. The SMILES string of the molecule is C/C=C1\C(=C/CC)C(C)(C)CNC1C. The Labute approximate surface area is 88.3 Å². The van der Waals surface area contributed by atoms with Crippen LogP contribution in [0.15, 0.2) is 23.3 Å². The molecule has 1 nitrogen and oxygen atoms in total. The quantitative estimate of drug-likeness (QED) is 0.674. The molecule has 1 N–H and O–H groups in total. The van der Waals surface area contributed by atoms with E-state index in [0.717, 1.165) is 13.0 Å². The maximum atomic E-state index is 3.55. The van der Waals surface area contributed by atoms with Crippen molar-refractivity contribution in [2.45, 2.75) is 47.1 Å². The third-order valence-electron chi connectivity index (χ3n) is 3.08. The molecule has 0 aromatic rings. The number of allylic oxidation sites excluding steroid dienone is 2. The normalized spacial score (nSPS) is 32.5. The lowest BCUT2D eigenvalue weighted by Gasteiger charge is -2.39. The highest BCUT2D eigenvalue weighted by atomic mass is 14.9. The minimum atomic E-state index is 0.282. The molecule has 1 unspecified atom stereocenters. The third kappa shape index (κ3) is 2.09. The Balaban J connectivity index is 3.06. The highest BCUT2D eigenvalue weighted by Gasteiger charge is 2.32. The predicted octanol–water partition coefficient (Wildman–Crippen LogP) is 3.29. The fraction of sp³-hybridized carbons (Fsp3) is 0.692. The van der Waals surface area contributed by atoms with Gasteiger partial charge < -0.3 is 5.32 Å². The first kappa shape index (κ1) is 11.5. The number of nitrogens with one attached hydrogen (secondary N) is 1. The van der Waals surface area contributed by atoms with Crippen LogP contribution in [0.4, 0.5) is 0 Å². The van der Waals surface area contributed by atoms with Crippen molar-refractivity contribution in [1.29, 1.82) is 0 Å². The zero-order chi connectivity index (χ0) is 10.8. The van der Waals surface area contributed by atoms with Gasteiger partial charge in [-0.3, -0.25) is 0 Å². The first-order valence-corrected chi connectivity index (χ1v) is 5.63. The zero-order valence-corrected chi connectivity index (χ0v) is 10.1. The molecule has 1 aliphatic heterocycles. The summed E-state index contributed by atoms with van der Waals surface area (Å²) in [4.78, 5) is 0. The van der Waals surface area contributed by atoms with Gasteiger partial charge in [0.1, 0.15) is 0 Å². The van der Waals surface area contributed by atoms with Crippen molar-refractivity contribution in [3.8, 4) is 0 Å². The van der Waals surface area contributed by atoms with E-state index in [4.69, 9.17) is 0 Å². The highest BCUT2D eigenvalue weighted by molar-refractivity contribution is 5.41. The molecule has 1 aliphatic rings. The Kier molecular flexibility index (Phi) is 3.54. The van der Waals surface area contributed by atoms with E-state index in [0.29, 0.717) is 6.04 Å². The summed E-state index contributed by atoms with van der Waals surface area (Å²) in [5, 5.41) is 3.55. The van der Waals surface area contributed by atoms with Crippen molar-refractivity contribution < 1.29 is 0 Å². The Hall–Kier alpha value is -0.560. The zero-order valence-electron chi connectivity index (χ0n) is 10.1. The van der Waals surface area contributed by atoms with Crippen molar-refractivity contribution in [2.24, 2.45) is 5.41 Å². The summed E-state index contributed by atoms with van der Waals surface area (Å²) in [6.07, 6.45) is 5.76. The van der Waals surface area contributed by atoms with E-state index in [1.165, 1.54) is 11.1 Å². The molecule has 0 aromatic carbocycles. The Morgan fingerprint density at radius 2 is 2.14 bits per heavy atom. The van der Waals surface area contributed by atoms with Gasteiger partial charge in [0.05, 0.1) is 0 Å². The molecule has 0 aliphatic carbocycles. The summed E-state index contributed by atoms with van der Waals surface area (Å²) < 4.78 is 0.